The van der Waals surface area contributed by atoms with Gasteiger partial charge >= 0.3 is 0 Å². The summed E-state index contributed by atoms with van der Waals surface area (Å²) in [5, 5.41) is 0. The summed E-state index contributed by atoms with van der Waals surface area (Å²) in [5.74, 6) is 0.123. The minimum absolute atomic E-state index is 0.123. The maximum atomic E-state index is 5.23. The van der Waals surface area contributed by atoms with Crippen molar-refractivity contribution in [3.63, 3.8) is 0 Å². The Hall–Kier alpha value is -1.03. The zero-order valence-corrected chi connectivity index (χ0v) is 9.01. The van der Waals surface area contributed by atoms with E-state index in [1.54, 1.807) is 0 Å². The van der Waals surface area contributed by atoms with Crippen LogP contribution in [0.2, 0.25) is 0 Å². The number of nitrogens with two attached hydrogens (primary N) is 2. The van der Waals surface area contributed by atoms with Crippen molar-refractivity contribution in [3.8, 4) is 0 Å². The average molecular weight is 242 g/mol. The third-order valence-electron chi connectivity index (χ3n) is 1.55. The fourth-order valence-electron chi connectivity index (χ4n) is 1.09. The van der Waals surface area contributed by atoms with E-state index in [9.17, 15) is 0 Å². The second-order valence-corrected chi connectivity index (χ2v) is 3.79. The topological polar surface area (TPSA) is 64.4 Å². The van der Waals surface area contributed by atoms with Crippen molar-refractivity contribution in [1.82, 2.24) is 0 Å². The van der Waals surface area contributed by atoms with Gasteiger partial charge in [0.05, 0.1) is 6.54 Å². The van der Waals surface area contributed by atoms with E-state index in [-0.39, 0.29) is 5.96 Å². The Morgan fingerprint density at radius 3 is 2.62 bits per heavy atom. The van der Waals surface area contributed by atoms with Gasteiger partial charge in [-0.15, -0.1) is 0 Å². The number of aliphatic imine (C=N–C) groups is 1. The van der Waals surface area contributed by atoms with Crippen molar-refractivity contribution in [3.05, 3.63) is 33.8 Å². The smallest absolute Gasteiger partial charge is 0.186 e. The molecular weight excluding hydrogens is 230 g/mol. The van der Waals surface area contributed by atoms with E-state index in [0.29, 0.717) is 6.54 Å². The fourth-order valence-corrected chi connectivity index (χ4v) is 1.74. The van der Waals surface area contributed by atoms with Gasteiger partial charge in [0.15, 0.2) is 5.96 Å². The van der Waals surface area contributed by atoms with Gasteiger partial charge < -0.3 is 11.5 Å². The highest BCUT2D eigenvalue weighted by molar-refractivity contribution is 9.10. The largest absolute Gasteiger partial charge is 0.370 e. The summed E-state index contributed by atoms with van der Waals surface area (Å²) >= 11 is 3.41. The Bertz CT molecular complexity index is 309. The second-order valence-electron chi connectivity index (χ2n) is 2.88. The van der Waals surface area contributed by atoms with E-state index in [1.165, 1.54) is 5.56 Å². The van der Waals surface area contributed by atoms with E-state index >= 15 is 0 Å². The molecule has 1 aromatic carbocycles. The summed E-state index contributed by atoms with van der Waals surface area (Å²) in [5.41, 5.74) is 12.8. The zero-order chi connectivity index (χ0) is 9.84. The second kappa shape index (κ2) is 4.28. The first kappa shape index (κ1) is 10.1. The molecule has 0 fully saturated rings. The molecule has 13 heavy (non-hydrogen) atoms. The monoisotopic (exact) mass is 241 g/mol. The molecule has 0 radical (unpaired) electrons. The summed E-state index contributed by atoms with van der Waals surface area (Å²) in [4.78, 5) is 3.93. The lowest BCUT2D eigenvalue weighted by Crippen LogP contribution is -2.22. The minimum Gasteiger partial charge on any atom is -0.370 e. The van der Waals surface area contributed by atoms with Crippen LogP contribution in [0.25, 0.3) is 0 Å². The van der Waals surface area contributed by atoms with Crippen molar-refractivity contribution < 1.29 is 0 Å². The molecule has 0 spiro atoms. The molecule has 0 aliphatic heterocycles. The first-order chi connectivity index (χ1) is 6.08. The quantitative estimate of drug-likeness (QED) is 0.610. The van der Waals surface area contributed by atoms with Gasteiger partial charge in [0, 0.05) is 4.47 Å². The third kappa shape index (κ3) is 3.46. The highest BCUT2D eigenvalue weighted by atomic mass is 79.9. The Morgan fingerprint density at radius 1 is 1.38 bits per heavy atom. The normalized spacial score (nSPS) is 9.69. The van der Waals surface area contributed by atoms with E-state index in [4.69, 9.17) is 11.5 Å². The standard InChI is InChI=1S/C9H12BrN3/c1-6-2-7(4-8(10)3-6)5-13-9(11)12/h2-4H,5H2,1H3,(H4,11,12,13). The van der Waals surface area contributed by atoms with Crippen molar-refractivity contribution in [2.75, 3.05) is 0 Å². The lowest BCUT2D eigenvalue weighted by atomic mass is 10.1. The number of hydrogen-bond acceptors (Lipinski definition) is 1. The average Bonchev–Trinajstić information content (AvgIpc) is 1.99. The predicted molar refractivity (Wildman–Crippen MR) is 58.4 cm³/mol. The van der Waals surface area contributed by atoms with E-state index in [0.717, 1.165) is 10.0 Å². The molecule has 1 aromatic rings. The van der Waals surface area contributed by atoms with Gasteiger partial charge in [0.1, 0.15) is 0 Å². The van der Waals surface area contributed by atoms with Crippen molar-refractivity contribution in [2.45, 2.75) is 13.5 Å². The van der Waals surface area contributed by atoms with Gasteiger partial charge in [-0.25, -0.2) is 4.99 Å². The summed E-state index contributed by atoms with van der Waals surface area (Å²) in [6.45, 7) is 2.56. The Morgan fingerprint density at radius 2 is 2.08 bits per heavy atom. The van der Waals surface area contributed by atoms with E-state index in [2.05, 4.69) is 27.0 Å². The first-order valence-electron chi connectivity index (χ1n) is 3.89. The number of benzene rings is 1. The number of aryl methyl sites for hydroxylation is 1. The molecule has 4 heteroatoms. The lowest BCUT2D eigenvalue weighted by molar-refractivity contribution is 1.05. The number of rotatable bonds is 2. The first-order valence-corrected chi connectivity index (χ1v) is 4.68. The van der Waals surface area contributed by atoms with E-state index in [1.807, 2.05) is 19.1 Å². The van der Waals surface area contributed by atoms with Crippen LogP contribution in [-0.4, -0.2) is 5.96 Å². The summed E-state index contributed by atoms with van der Waals surface area (Å²) in [7, 11) is 0. The van der Waals surface area contributed by atoms with Crippen LogP contribution in [0, 0.1) is 6.92 Å². The third-order valence-corrected chi connectivity index (χ3v) is 2.00. The fraction of sp³-hybridized carbons (Fsp3) is 0.222. The van der Waals surface area contributed by atoms with Crippen LogP contribution in [0.3, 0.4) is 0 Å². The van der Waals surface area contributed by atoms with Crippen LogP contribution < -0.4 is 11.5 Å². The molecule has 0 aromatic heterocycles. The molecule has 1 rings (SSSR count). The number of halogens is 1. The molecule has 70 valence electrons. The highest BCUT2D eigenvalue weighted by Crippen LogP contribution is 2.15. The van der Waals surface area contributed by atoms with Crippen LogP contribution in [0.4, 0.5) is 0 Å². The van der Waals surface area contributed by atoms with Gasteiger partial charge in [-0.05, 0) is 30.2 Å². The summed E-state index contributed by atoms with van der Waals surface area (Å²) in [6, 6.07) is 6.09. The molecule has 0 bridgehead atoms. The van der Waals surface area contributed by atoms with Gasteiger partial charge in [0.25, 0.3) is 0 Å². The van der Waals surface area contributed by atoms with Crippen LogP contribution in [0.1, 0.15) is 11.1 Å². The van der Waals surface area contributed by atoms with Crippen molar-refractivity contribution >= 4 is 21.9 Å². The molecule has 0 saturated carbocycles. The van der Waals surface area contributed by atoms with Crippen LogP contribution in [0.15, 0.2) is 27.7 Å². The van der Waals surface area contributed by atoms with Crippen LogP contribution in [-0.2, 0) is 6.54 Å². The molecule has 0 atom stereocenters. The van der Waals surface area contributed by atoms with Gasteiger partial charge in [-0.2, -0.15) is 0 Å². The molecule has 4 N–H and O–H groups in total. The zero-order valence-electron chi connectivity index (χ0n) is 7.42. The SMILES string of the molecule is Cc1cc(Br)cc(CN=C(N)N)c1. The molecule has 0 unspecified atom stereocenters. The van der Waals surface area contributed by atoms with Crippen molar-refractivity contribution in [1.29, 1.82) is 0 Å². The maximum Gasteiger partial charge on any atom is 0.186 e. The molecular formula is C9H12BrN3. The molecule has 0 amide bonds. The molecule has 0 heterocycles. The molecule has 0 aliphatic carbocycles. The Labute approximate surface area is 86.0 Å². The Balaban J connectivity index is 2.83. The van der Waals surface area contributed by atoms with Crippen molar-refractivity contribution in [2.24, 2.45) is 16.5 Å². The minimum atomic E-state index is 0.123. The molecule has 3 nitrogen and oxygen atoms in total. The number of nitrogens with zero attached hydrogens (tertiary/aromatic N) is 1. The number of hydrogen-bond donors (Lipinski definition) is 2. The Kier molecular flexibility index (Phi) is 3.31. The van der Waals surface area contributed by atoms with Gasteiger partial charge in [-0.1, -0.05) is 22.0 Å². The van der Waals surface area contributed by atoms with Crippen LogP contribution >= 0.6 is 15.9 Å². The maximum absolute atomic E-state index is 5.23. The van der Waals surface area contributed by atoms with Gasteiger partial charge in [-0.3, -0.25) is 0 Å². The van der Waals surface area contributed by atoms with Crippen LogP contribution in [0.5, 0.6) is 0 Å². The predicted octanol–water partition coefficient (Wildman–Crippen LogP) is 1.53. The number of guanidine groups is 1. The summed E-state index contributed by atoms with van der Waals surface area (Å²) in [6.07, 6.45) is 0. The lowest BCUT2D eigenvalue weighted by Gasteiger charge is -2.00. The highest BCUT2D eigenvalue weighted by Gasteiger charge is 1.95. The van der Waals surface area contributed by atoms with Gasteiger partial charge in [0.2, 0.25) is 0 Å². The molecule has 0 saturated heterocycles. The van der Waals surface area contributed by atoms with E-state index < -0.39 is 0 Å². The summed E-state index contributed by atoms with van der Waals surface area (Å²) < 4.78 is 1.05. The molecule has 0 aliphatic rings.